The van der Waals surface area contributed by atoms with Crippen LogP contribution >= 0.6 is 12.2 Å². The van der Waals surface area contributed by atoms with Gasteiger partial charge in [-0.3, -0.25) is 25.8 Å². The number of thiocarbonyl (C=S) groups is 1. The summed E-state index contributed by atoms with van der Waals surface area (Å²) in [7, 11) is 0. The normalized spacial score (nSPS) is 11.3. The number of aryl methyl sites for hydroxylation is 3. The van der Waals surface area contributed by atoms with Gasteiger partial charge in [-0.25, -0.2) is 0 Å². The van der Waals surface area contributed by atoms with Crippen LogP contribution in [0, 0.1) is 20.8 Å². The molecule has 6 nitrogen and oxygen atoms in total. The Kier molecular flexibility index (Phi) is 6.90. The monoisotopic (exact) mass is 385 g/mol. The van der Waals surface area contributed by atoms with E-state index in [2.05, 4.69) is 16.2 Å². The van der Waals surface area contributed by atoms with Crippen LogP contribution in [-0.2, 0) is 4.79 Å². The van der Waals surface area contributed by atoms with Crippen LogP contribution < -0.4 is 20.9 Å². The Hall–Kier alpha value is -2.93. The fourth-order valence-corrected chi connectivity index (χ4v) is 2.44. The van der Waals surface area contributed by atoms with Crippen molar-refractivity contribution in [2.45, 2.75) is 33.8 Å². The van der Waals surface area contributed by atoms with E-state index in [1.165, 1.54) is 0 Å². The quantitative estimate of drug-likeness (QED) is 0.557. The van der Waals surface area contributed by atoms with Crippen molar-refractivity contribution in [2.24, 2.45) is 0 Å². The molecular formula is C20H23N3O3S. The molecule has 142 valence electrons. The van der Waals surface area contributed by atoms with Crippen LogP contribution in [-0.4, -0.2) is 23.0 Å². The van der Waals surface area contributed by atoms with E-state index in [4.69, 9.17) is 17.0 Å². The lowest BCUT2D eigenvalue weighted by Crippen LogP contribution is -2.51. The van der Waals surface area contributed by atoms with Crippen molar-refractivity contribution in [3.63, 3.8) is 0 Å². The Balaban J connectivity index is 1.83. The third-order valence-corrected chi connectivity index (χ3v) is 4.28. The molecule has 2 aromatic carbocycles. The minimum absolute atomic E-state index is 0.00464. The standard InChI is InChI=1S/C20H23N3O3S/c1-12-9-10-16(11-14(12)3)26-15(4)18(24)22-23-20(27)21-19(25)17-8-6-5-7-13(17)2/h5-11,15H,1-4H3,(H,22,24)(H2,21,23,25,27). The zero-order chi connectivity index (χ0) is 20.0. The van der Waals surface area contributed by atoms with Gasteiger partial charge in [-0.1, -0.05) is 24.3 Å². The molecule has 2 aromatic rings. The predicted molar refractivity (Wildman–Crippen MR) is 109 cm³/mol. The number of hydrogen-bond acceptors (Lipinski definition) is 4. The molecule has 0 saturated heterocycles. The first-order chi connectivity index (χ1) is 12.8. The first kappa shape index (κ1) is 20.4. The van der Waals surface area contributed by atoms with Gasteiger partial charge in [0.1, 0.15) is 5.75 Å². The van der Waals surface area contributed by atoms with E-state index >= 15 is 0 Å². The van der Waals surface area contributed by atoms with Gasteiger partial charge in [0.15, 0.2) is 11.2 Å². The molecule has 0 saturated carbocycles. The van der Waals surface area contributed by atoms with Crippen LogP contribution in [0.2, 0.25) is 0 Å². The molecule has 2 rings (SSSR count). The molecular weight excluding hydrogens is 362 g/mol. The molecule has 0 bridgehead atoms. The molecule has 3 N–H and O–H groups in total. The summed E-state index contributed by atoms with van der Waals surface area (Å²) < 4.78 is 5.63. The van der Waals surface area contributed by atoms with Crippen molar-refractivity contribution in [1.82, 2.24) is 16.2 Å². The molecule has 0 aromatic heterocycles. The lowest BCUT2D eigenvalue weighted by Gasteiger charge is -2.17. The van der Waals surface area contributed by atoms with Crippen LogP contribution in [0.15, 0.2) is 42.5 Å². The van der Waals surface area contributed by atoms with Gasteiger partial charge < -0.3 is 4.74 Å². The minimum atomic E-state index is -0.741. The number of rotatable bonds is 4. The largest absolute Gasteiger partial charge is 0.481 e. The Morgan fingerprint density at radius 3 is 2.33 bits per heavy atom. The van der Waals surface area contributed by atoms with Gasteiger partial charge in [0.2, 0.25) is 0 Å². The molecule has 0 aliphatic rings. The van der Waals surface area contributed by atoms with Crippen LogP contribution in [0.4, 0.5) is 0 Å². The number of ether oxygens (including phenoxy) is 1. The van der Waals surface area contributed by atoms with Crippen LogP contribution in [0.3, 0.4) is 0 Å². The Bertz CT molecular complexity index is 867. The molecule has 27 heavy (non-hydrogen) atoms. The zero-order valence-electron chi connectivity index (χ0n) is 15.8. The van der Waals surface area contributed by atoms with Crippen molar-refractivity contribution in [2.75, 3.05) is 0 Å². The van der Waals surface area contributed by atoms with Crippen LogP contribution in [0.1, 0.15) is 34.0 Å². The highest BCUT2D eigenvalue weighted by Crippen LogP contribution is 2.17. The van der Waals surface area contributed by atoms with E-state index < -0.39 is 12.0 Å². The second kappa shape index (κ2) is 9.14. The van der Waals surface area contributed by atoms with Crippen molar-refractivity contribution >= 4 is 29.1 Å². The van der Waals surface area contributed by atoms with Crippen molar-refractivity contribution < 1.29 is 14.3 Å². The highest BCUT2D eigenvalue weighted by Gasteiger charge is 2.16. The lowest BCUT2D eigenvalue weighted by molar-refractivity contribution is -0.127. The maximum absolute atomic E-state index is 12.2. The number of hydrogen-bond donors (Lipinski definition) is 3. The van der Waals surface area contributed by atoms with Crippen molar-refractivity contribution in [1.29, 1.82) is 0 Å². The van der Waals surface area contributed by atoms with E-state index in [0.717, 1.165) is 16.7 Å². The fourth-order valence-electron chi connectivity index (χ4n) is 2.29. The predicted octanol–water partition coefficient (Wildman–Crippen LogP) is 2.71. The second-order valence-corrected chi connectivity index (χ2v) is 6.63. The van der Waals surface area contributed by atoms with Crippen LogP contribution in [0.25, 0.3) is 0 Å². The summed E-state index contributed by atoms with van der Waals surface area (Å²) in [6, 6.07) is 12.8. The maximum Gasteiger partial charge on any atom is 0.279 e. The summed E-state index contributed by atoms with van der Waals surface area (Å²) in [5.74, 6) is -0.156. The zero-order valence-corrected chi connectivity index (χ0v) is 16.6. The summed E-state index contributed by atoms with van der Waals surface area (Å²) >= 11 is 5.04. The third-order valence-electron chi connectivity index (χ3n) is 4.08. The highest BCUT2D eigenvalue weighted by molar-refractivity contribution is 7.80. The van der Waals surface area contributed by atoms with Gasteiger partial charge in [-0.15, -0.1) is 0 Å². The topological polar surface area (TPSA) is 79.5 Å². The fraction of sp³-hybridized carbons (Fsp3) is 0.250. The maximum atomic E-state index is 12.2. The number of carbonyl (C=O) groups is 2. The van der Waals surface area contributed by atoms with Crippen molar-refractivity contribution in [3.05, 3.63) is 64.7 Å². The van der Waals surface area contributed by atoms with Gasteiger partial charge in [0, 0.05) is 5.56 Å². The van der Waals surface area contributed by atoms with E-state index in [9.17, 15) is 9.59 Å². The van der Waals surface area contributed by atoms with Gasteiger partial charge >= 0.3 is 0 Å². The smallest absolute Gasteiger partial charge is 0.279 e. The molecule has 1 atom stereocenters. The average Bonchev–Trinajstić information content (AvgIpc) is 2.63. The molecule has 7 heteroatoms. The SMILES string of the molecule is Cc1ccc(OC(C)C(=O)NNC(=S)NC(=O)c2ccccc2C)cc1C. The number of carbonyl (C=O) groups excluding carboxylic acids is 2. The minimum Gasteiger partial charge on any atom is -0.481 e. The summed E-state index contributed by atoms with van der Waals surface area (Å²) in [6.07, 6.45) is -0.741. The summed E-state index contributed by atoms with van der Waals surface area (Å²) in [5.41, 5.74) is 8.51. The molecule has 0 heterocycles. The summed E-state index contributed by atoms with van der Waals surface area (Å²) in [4.78, 5) is 24.3. The summed E-state index contributed by atoms with van der Waals surface area (Å²) in [6.45, 7) is 7.44. The lowest BCUT2D eigenvalue weighted by atomic mass is 10.1. The Morgan fingerprint density at radius 2 is 1.67 bits per heavy atom. The van der Waals surface area contributed by atoms with E-state index in [1.54, 1.807) is 19.1 Å². The number of hydrazine groups is 1. The van der Waals surface area contributed by atoms with Gasteiger partial charge in [-0.05, 0) is 74.8 Å². The third kappa shape index (κ3) is 5.79. The Morgan fingerprint density at radius 1 is 0.963 bits per heavy atom. The van der Waals surface area contributed by atoms with E-state index in [-0.39, 0.29) is 11.0 Å². The van der Waals surface area contributed by atoms with E-state index in [1.807, 2.05) is 51.1 Å². The van der Waals surface area contributed by atoms with Crippen molar-refractivity contribution in [3.8, 4) is 5.75 Å². The van der Waals surface area contributed by atoms with E-state index in [0.29, 0.717) is 11.3 Å². The number of amides is 2. The van der Waals surface area contributed by atoms with Gasteiger partial charge in [-0.2, -0.15) is 0 Å². The molecule has 0 radical (unpaired) electrons. The van der Waals surface area contributed by atoms with Gasteiger partial charge in [0.05, 0.1) is 0 Å². The second-order valence-electron chi connectivity index (χ2n) is 6.22. The van der Waals surface area contributed by atoms with Gasteiger partial charge in [0.25, 0.3) is 11.8 Å². The Labute approximate surface area is 164 Å². The van der Waals surface area contributed by atoms with Crippen LogP contribution in [0.5, 0.6) is 5.75 Å². The first-order valence-electron chi connectivity index (χ1n) is 8.48. The molecule has 0 spiro atoms. The molecule has 1 unspecified atom stereocenters. The molecule has 0 aliphatic carbocycles. The number of benzene rings is 2. The number of nitrogens with one attached hydrogen (secondary N) is 3. The summed E-state index contributed by atoms with van der Waals surface area (Å²) in [5, 5.41) is 2.52. The molecule has 0 fully saturated rings. The highest BCUT2D eigenvalue weighted by atomic mass is 32.1. The molecule has 2 amide bonds. The average molecular weight is 385 g/mol. The first-order valence-corrected chi connectivity index (χ1v) is 8.89. The molecule has 0 aliphatic heterocycles.